The highest BCUT2D eigenvalue weighted by atomic mass is 19.1. The van der Waals surface area contributed by atoms with E-state index in [-0.39, 0.29) is 17.4 Å². The number of nitrogens with one attached hydrogen (secondary N) is 2. The van der Waals surface area contributed by atoms with Crippen LogP contribution in [0.2, 0.25) is 0 Å². The molecule has 2 N–H and O–H groups in total. The molecular formula is C15H21FN2O3. The predicted molar refractivity (Wildman–Crippen MR) is 77.6 cm³/mol. The average molecular weight is 296 g/mol. The summed E-state index contributed by atoms with van der Waals surface area (Å²) >= 11 is 0. The van der Waals surface area contributed by atoms with Crippen LogP contribution in [0.5, 0.6) is 0 Å². The van der Waals surface area contributed by atoms with Crippen molar-refractivity contribution in [1.82, 2.24) is 10.6 Å². The first kappa shape index (κ1) is 17.1. The van der Waals surface area contributed by atoms with E-state index in [2.05, 4.69) is 15.4 Å². The van der Waals surface area contributed by atoms with Crippen LogP contribution >= 0.6 is 0 Å². The fourth-order valence-corrected chi connectivity index (χ4v) is 1.92. The van der Waals surface area contributed by atoms with Gasteiger partial charge in [0.15, 0.2) is 0 Å². The Labute approximate surface area is 123 Å². The first-order chi connectivity index (χ1) is 9.80. The van der Waals surface area contributed by atoms with Gasteiger partial charge in [0.05, 0.1) is 7.11 Å². The quantitative estimate of drug-likeness (QED) is 0.776. The van der Waals surface area contributed by atoms with Crippen LogP contribution in [-0.2, 0) is 16.0 Å². The first-order valence-corrected chi connectivity index (χ1v) is 6.65. The first-order valence-electron chi connectivity index (χ1n) is 6.65. The Balaban J connectivity index is 2.70. The van der Waals surface area contributed by atoms with Crippen LogP contribution in [-0.4, -0.2) is 38.1 Å². The molecule has 1 aromatic rings. The molecule has 0 aliphatic carbocycles. The second-order valence-electron chi connectivity index (χ2n) is 5.22. The summed E-state index contributed by atoms with van der Waals surface area (Å²) in [5.74, 6) is -1.16. The molecular weight excluding hydrogens is 275 g/mol. The molecule has 0 aromatic heterocycles. The van der Waals surface area contributed by atoms with E-state index >= 15 is 0 Å². The molecule has 6 heteroatoms. The molecule has 0 aliphatic heterocycles. The topological polar surface area (TPSA) is 67.4 Å². The van der Waals surface area contributed by atoms with Crippen molar-refractivity contribution in [2.75, 3.05) is 20.7 Å². The van der Waals surface area contributed by atoms with E-state index in [1.165, 1.54) is 26.3 Å². The molecule has 0 aliphatic rings. The third-order valence-electron chi connectivity index (χ3n) is 3.12. The van der Waals surface area contributed by atoms with Gasteiger partial charge in [-0.25, -0.2) is 4.39 Å². The molecule has 0 heterocycles. The largest absolute Gasteiger partial charge is 0.468 e. The normalized spacial score (nSPS) is 11.1. The summed E-state index contributed by atoms with van der Waals surface area (Å²) in [6, 6.07) is 4.20. The van der Waals surface area contributed by atoms with Gasteiger partial charge >= 0.3 is 5.97 Å². The second-order valence-corrected chi connectivity index (χ2v) is 5.22. The van der Waals surface area contributed by atoms with Gasteiger partial charge in [0.2, 0.25) is 0 Å². The minimum Gasteiger partial charge on any atom is -0.468 e. The summed E-state index contributed by atoms with van der Waals surface area (Å²) in [5, 5.41) is 5.50. The number of hydrogen-bond donors (Lipinski definition) is 2. The highest BCUT2D eigenvalue weighted by Crippen LogP contribution is 2.11. The van der Waals surface area contributed by atoms with E-state index in [9.17, 15) is 14.0 Å². The fourth-order valence-electron chi connectivity index (χ4n) is 1.92. The molecule has 5 nitrogen and oxygen atoms in total. The van der Waals surface area contributed by atoms with E-state index < -0.39 is 11.4 Å². The molecule has 0 unspecified atom stereocenters. The zero-order valence-electron chi connectivity index (χ0n) is 12.7. The number of amides is 1. The number of methoxy groups -OCH3 is 1. The Kier molecular flexibility index (Phi) is 5.84. The van der Waals surface area contributed by atoms with Gasteiger partial charge in [-0.2, -0.15) is 0 Å². The number of rotatable bonds is 6. The van der Waals surface area contributed by atoms with Gasteiger partial charge in [0.1, 0.15) is 11.4 Å². The standard InChI is InChI=1S/C15H21FN2O3/c1-15(2,14(20)21-4)18-6-5-10-7-11(13(19)17-3)9-12(16)8-10/h7-9,18H,5-6H2,1-4H3,(H,17,19). The lowest BCUT2D eigenvalue weighted by molar-refractivity contribution is -0.147. The van der Waals surface area contributed by atoms with Crippen LogP contribution in [0.25, 0.3) is 0 Å². The number of halogens is 1. The molecule has 21 heavy (non-hydrogen) atoms. The van der Waals surface area contributed by atoms with Gasteiger partial charge in [-0.1, -0.05) is 0 Å². The monoisotopic (exact) mass is 296 g/mol. The number of esters is 1. The zero-order chi connectivity index (χ0) is 16.0. The van der Waals surface area contributed by atoms with Gasteiger partial charge in [-0.15, -0.1) is 0 Å². The van der Waals surface area contributed by atoms with Crippen LogP contribution in [0.1, 0.15) is 29.8 Å². The summed E-state index contributed by atoms with van der Waals surface area (Å²) in [5.41, 5.74) is 0.146. The van der Waals surface area contributed by atoms with E-state index in [1.807, 2.05) is 0 Å². The minimum absolute atomic E-state index is 0.278. The van der Waals surface area contributed by atoms with Crippen LogP contribution in [0, 0.1) is 5.82 Å². The lowest BCUT2D eigenvalue weighted by atomic mass is 10.0. The fraction of sp³-hybridized carbons (Fsp3) is 0.467. The highest BCUT2D eigenvalue weighted by molar-refractivity contribution is 5.94. The maximum absolute atomic E-state index is 13.5. The van der Waals surface area contributed by atoms with Crippen LogP contribution in [0.4, 0.5) is 4.39 Å². The molecule has 1 aromatic carbocycles. The van der Waals surface area contributed by atoms with E-state index in [0.717, 1.165) is 0 Å². The molecule has 0 saturated carbocycles. The average Bonchev–Trinajstić information content (AvgIpc) is 2.44. The van der Waals surface area contributed by atoms with Crippen molar-refractivity contribution in [3.05, 3.63) is 35.1 Å². The number of benzene rings is 1. The Morgan fingerprint density at radius 1 is 1.29 bits per heavy atom. The summed E-state index contributed by atoms with van der Waals surface area (Å²) in [4.78, 5) is 23.0. The summed E-state index contributed by atoms with van der Waals surface area (Å²) in [7, 11) is 2.82. The number of ether oxygens (including phenoxy) is 1. The van der Waals surface area contributed by atoms with E-state index in [0.29, 0.717) is 18.5 Å². The van der Waals surface area contributed by atoms with Gasteiger partial charge < -0.3 is 15.4 Å². The predicted octanol–water partition coefficient (Wildman–Crippen LogP) is 1.27. The maximum atomic E-state index is 13.5. The Morgan fingerprint density at radius 3 is 2.52 bits per heavy atom. The Bertz CT molecular complexity index is 530. The van der Waals surface area contributed by atoms with Gasteiger partial charge in [-0.3, -0.25) is 9.59 Å². The summed E-state index contributed by atoms with van der Waals surface area (Å²) in [6.07, 6.45) is 0.488. The van der Waals surface area contributed by atoms with Crippen molar-refractivity contribution in [3.63, 3.8) is 0 Å². The SMILES string of the molecule is CNC(=O)c1cc(F)cc(CCNC(C)(C)C(=O)OC)c1. The summed E-state index contributed by atoms with van der Waals surface area (Å²) in [6.45, 7) is 3.87. The smallest absolute Gasteiger partial charge is 0.325 e. The highest BCUT2D eigenvalue weighted by Gasteiger charge is 2.27. The van der Waals surface area contributed by atoms with Crippen molar-refractivity contribution >= 4 is 11.9 Å². The Hall–Kier alpha value is -1.95. The molecule has 0 spiro atoms. The second kappa shape index (κ2) is 7.17. The lowest BCUT2D eigenvalue weighted by Crippen LogP contribution is -2.48. The maximum Gasteiger partial charge on any atom is 0.325 e. The molecule has 0 bridgehead atoms. The van der Waals surface area contributed by atoms with Gasteiger partial charge in [-0.05, 0) is 44.0 Å². The van der Waals surface area contributed by atoms with Gasteiger partial charge in [0, 0.05) is 19.2 Å². The lowest BCUT2D eigenvalue weighted by Gasteiger charge is -2.23. The Morgan fingerprint density at radius 2 is 1.95 bits per heavy atom. The number of carbonyl (C=O) groups excluding carboxylic acids is 2. The van der Waals surface area contributed by atoms with Crippen LogP contribution < -0.4 is 10.6 Å². The molecule has 0 radical (unpaired) electrons. The molecule has 0 atom stereocenters. The molecule has 1 amide bonds. The van der Waals surface area contributed by atoms with Crippen molar-refractivity contribution in [2.24, 2.45) is 0 Å². The summed E-state index contributed by atoms with van der Waals surface area (Å²) < 4.78 is 18.2. The van der Waals surface area contributed by atoms with Crippen molar-refractivity contribution in [1.29, 1.82) is 0 Å². The zero-order valence-corrected chi connectivity index (χ0v) is 12.7. The van der Waals surface area contributed by atoms with Crippen LogP contribution in [0.15, 0.2) is 18.2 Å². The van der Waals surface area contributed by atoms with Gasteiger partial charge in [0.25, 0.3) is 5.91 Å². The molecule has 0 fully saturated rings. The third kappa shape index (κ3) is 4.82. The number of carbonyl (C=O) groups is 2. The van der Waals surface area contributed by atoms with Crippen molar-refractivity contribution in [3.8, 4) is 0 Å². The van der Waals surface area contributed by atoms with E-state index in [4.69, 9.17) is 0 Å². The van der Waals surface area contributed by atoms with E-state index in [1.54, 1.807) is 19.9 Å². The number of hydrogen-bond acceptors (Lipinski definition) is 4. The third-order valence-corrected chi connectivity index (χ3v) is 3.12. The van der Waals surface area contributed by atoms with Crippen LogP contribution in [0.3, 0.4) is 0 Å². The van der Waals surface area contributed by atoms with Crippen molar-refractivity contribution < 1.29 is 18.7 Å². The molecule has 0 saturated heterocycles. The van der Waals surface area contributed by atoms with Crippen molar-refractivity contribution in [2.45, 2.75) is 25.8 Å². The minimum atomic E-state index is -0.814. The molecule has 116 valence electrons. The molecule has 1 rings (SSSR count).